The fraction of sp³-hybridized carbons (Fsp3) is 0.562. The second-order valence-corrected chi connectivity index (χ2v) is 5.58. The van der Waals surface area contributed by atoms with Gasteiger partial charge in [-0.2, -0.15) is 0 Å². The van der Waals surface area contributed by atoms with E-state index < -0.39 is 0 Å². The number of Topliss-reactive ketones (excluding diaryl/α,β-unsaturated/α-hetero) is 1. The predicted octanol–water partition coefficient (Wildman–Crippen LogP) is 2.71. The Morgan fingerprint density at radius 3 is 2.58 bits per heavy atom. The Labute approximate surface area is 115 Å². The number of ketones is 1. The summed E-state index contributed by atoms with van der Waals surface area (Å²) in [4.78, 5) is 14.4. The molecule has 1 fully saturated rings. The van der Waals surface area contributed by atoms with E-state index in [-0.39, 0.29) is 11.9 Å². The molecule has 1 atom stereocenters. The van der Waals surface area contributed by atoms with E-state index >= 15 is 0 Å². The Kier molecular flexibility index (Phi) is 4.72. The van der Waals surface area contributed by atoms with Crippen LogP contribution in [0, 0.1) is 0 Å². The van der Waals surface area contributed by atoms with Gasteiger partial charge in [0.1, 0.15) is 0 Å². The molecule has 0 amide bonds. The lowest BCUT2D eigenvalue weighted by Crippen LogP contribution is -2.29. The van der Waals surface area contributed by atoms with E-state index in [9.17, 15) is 4.79 Å². The lowest BCUT2D eigenvalue weighted by atomic mass is 10.0. The largest absolute Gasteiger partial charge is 0.380 e. The SMILES string of the molecule is COC1CCN(CC(=O)c2ccc(C(C)C)cc2)C1. The molecule has 1 aromatic rings. The van der Waals surface area contributed by atoms with Crippen molar-refractivity contribution in [1.82, 2.24) is 4.90 Å². The first-order valence-corrected chi connectivity index (χ1v) is 6.98. The third-order valence-corrected chi connectivity index (χ3v) is 3.83. The second-order valence-electron chi connectivity index (χ2n) is 5.58. The van der Waals surface area contributed by atoms with Crippen molar-refractivity contribution in [2.24, 2.45) is 0 Å². The zero-order valence-electron chi connectivity index (χ0n) is 12.1. The molecule has 0 radical (unpaired) electrons. The van der Waals surface area contributed by atoms with Crippen LogP contribution in [-0.2, 0) is 4.74 Å². The quantitative estimate of drug-likeness (QED) is 0.763. The van der Waals surface area contributed by atoms with Gasteiger partial charge in [0.15, 0.2) is 5.78 Å². The molecule has 19 heavy (non-hydrogen) atoms. The van der Waals surface area contributed by atoms with Crippen LogP contribution < -0.4 is 0 Å². The van der Waals surface area contributed by atoms with Crippen LogP contribution in [0.1, 0.15) is 42.1 Å². The Balaban J connectivity index is 1.93. The van der Waals surface area contributed by atoms with Gasteiger partial charge in [-0.25, -0.2) is 0 Å². The van der Waals surface area contributed by atoms with Crippen LogP contribution in [0.4, 0.5) is 0 Å². The van der Waals surface area contributed by atoms with Crippen molar-refractivity contribution >= 4 is 5.78 Å². The maximum absolute atomic E-state index is 12.2. The molecule has 1 saturated heterocycles. The van der Waals surface area contributed by atoms with Crippen molar-refractivity contribution in [3.05, 3.63) is 35.4 Å². The summed E-state index contributed by atoms with van der Waals surface area (Å²) in [7, 11) is 1.74. The molecule has 0 aromatic heterocycles. The number of carbonyl (C=O) groups excluding carboxylic acids is 1. The second kappa shape index (κ2) is 6.31. The molecule has 1 aliphatic heterocycles. The van der Waals surface area contributed by atoms with Crippen molar-refractivity contribution in [1.29, 1.82) is 0 Å². The molecule has 3 heteroatoms. The number of carbonyl (C=O) groups is 1. The maximum atomic E-state index is 12.2. The number of hydrogen-bond donors (Lipinski definition) is 0. The Morgan fingerprint density at radius 1 is 1.37 bits per heavy atom. The molecule has 0 N–H and O–H groups in total. The number of nitrogens with zero attached hydrogens (tertiary/aromatic N) is 1. The Hall–Kier alpha value is -1.19. The van der Waals surface area contributed by atoms with E-state index in [1.807, 2.05) is 12.1 Å². The number of ether oxygens (including phenoxy) is 1. The molecular formula is C16H23NO2. The molecule has 3 nitrogen and oxygen atoms in total. The smallest absolute Gasteiger partial charge is 0.176 e. The number of likely N-dealkylation sites (tertiary alicyclic amines) is 1. The van der Waals surface area contributed by atoms with Gasteiger partial charge in [-0.3, -0.25) is 9.69 Å². The van der Waals surface area contributed by atoms with E-state index in [4.69, 9.17) is 4.74 Å². The van der Waals surface area contributed by atoms with E-state index in [0.29, 0.717) is 12.5 Å². The van der Waals surface area contributed by atoms with Gasteiger partial charge in [-0.15, -0.1) is 0 Å². The van der Waals surface area contributed by atoms with Crippen LogP contribution in [0.3, 0.4) is 0 Å². The standard InChI is InChI=1S/C16H23NO2/c1-12(2)13-4-6-14(7-5-13)16(18)11-17-9-8-15(10-17)19-3/h4-7,12,15H,8-11H2,1-3H3. The third-order valence-electron chi connectivity index (χ3n) is 3.83. The van der Waals surface area contributed by atoms with Gasteiger partial charge >= 0.3 is 0 Å². The highest BCUT2D eigenvalue weighted by Crippen LogP contribution is 2.16. The van der Waals surface area contributed by atoms with Crippen molar-refractivity contribution in [3.63, 3.8) is 0 Å². The highest BCUT2D eigenvalue weighted by molar-refractivity contribution is 5.97. The number of benzene rings is 1. The summed E-state index contributed by atoms with van der Waals surface area (Å²) < 4.78 is 5.32. The molecular weight excluding hydrogens is 238 g/mol. The van der Waals surface area contributed by atoms with Crippen LogP contribution in [0.25, 0.3) is 0 Å². The first kappa shape index (κ1) is 14.2. The Morgan fingerprint density at radius 2 is 2.05 bits per heavy atom. The van der Waals surface area contributed by atoms with Crippen LogP contribution in [-0.4, -0.2) is 43.5 Å². The average Bonchev–Trinajstić information content (AvgIpc) is 2.86. The van der Waals surface area contributed by atoms with Gasteiger partial charge in [0, 0.05) is 25.8 Å². The summed E-state index contributed by atoms with van der Waals surface area (Å²) in [6, 6.07) is 8.00. The summed E-state index contributed by atoms with van der Waals surface area (Å²) in [5.74, 6) is 0.706. The molecule has 0 bridgehead atoms. The normalized spacial score (nSPS) is 20.1. The zero-order chi connectivity index (χ0) is 13.8. The molecule has 1 unspecified atom stereocenters. The van der Waals surface area contributed by atoms with Crippen molar-refractivity contribution in [3.8, 4) is 0 Å². The van der Waals surface area contributed by atoms with E-state index in [1.54, 1.807) is 7.11 Å². The topological polar surface area (TPSA) is 29.5 Å². The minimum atomic E-state index is 0.201. The van der Waals surface area contributed by atoms with Crippen LogP contribution in [0.2, 0.25) is 0 Å². The lowest BCUT2D eigenvalue weighted by molar-refractivity contribution is 0.0899. The summed E-state index contributed by atoms with van der Waals surface area (Å²) in [6.45, 7) is 6.64. The van der Waals surface area contributed by atoms with Gasteiger partial charge in [-0.1, -0.05) is 38.1 Å². The van der Waals surface area contributed by atoms with E-state index in [1.165, 1.54) is 5.56 Å². The summed E-state index contributed by atoms with van der Waals surface area (Å²) in [5.41, 5.74) is 2.09. The van der Waals surface area contributed by atoms with Crippen molar-refractivity contribution in [2.75, 3.05) is 26.7 Å². The molecule has 1 heterocycles. The molecule has 104 valence electrons. The Bertz CT molecular complexity index is 425. The highest BCUT2D eigenvalue weighted by atomic mass is 16.5. The minimum absolute atomic E-state index is 0.201. The summed E-state index contributed by atoms with van der Waals surface area (Å²) >= 11 is 0. The van der Waals surface area contributed by atoms with E-state index in [2.05, 4.69) is 30.9 Å². The predicted molar refractivity (Wildman–Crippen MR) is 76.7 cm³/mol. The number of methoxy groups -OCH3 is 1. The van der Waals surface area contributed by atoms with Crippen LogP contribution in [0.5, 0.6) is 0 Å². The molecule has 0 spiro atoms. The monoisotopic (exact) mass is 261 g/mol. The van der Waals surface area contributed by atoms with Crippen LogP contribution in [0.15, 0.2) is 24.3 Å². The fourth-order valence-corrected chi connectivity index (χ4v) is 2.48. The molecule has 1 aliphatic rings. The van der Waals surface area contributed by atoms with Gasteiger partial charge in [-0.05, 0) is 17.9 Å². The highest BCUT2D eigenvalue weighted by Gasteiger charge is 2.23. The number of hydrogen-bond acceptors (Lipinski definition) is 3. The zero-order valence-corrected chi connectivity index (χ0v) is 12.1. The maximum Gasteiger partial charge on any atom is 0.176 e. The summed E-state index contributed by atoms with van der Waals surface area (Å²) in [6.07, 6.45) is 1.31. The van der Waals surface area contributed by atoms with Gasteiger partial charge in [0.2, 0.25) is 0 Å². The fourth-order valence-electron chi connectivity index (χ4n) is 2.48. The molecule has 0 aliphatic carbocycles. The minimum Gasteiger partial charge on any atom is -0.380 e. The van der Waals surface area contributed by atoms with Gasteiger partial charge in [0.05, 0.1) is 12.6 Å². The van der Waals surface area contributed by atoms with Gasteiger partial charge in [0.25, 0.3) is 0 Å². The van der Waals surface area contributed by atoms with Crippen LogP contribution >= 0.6 is 0 Å². The first-order valence-electron chi connectivity index (χ1n) is 6.98. The average molecular weight is 261 g/mol. The van der Waals surface area contributed by atoms with Crippen molar-refractivity contribution < 1.29 is 9.53 Å². The number of rotatable bonds is 5. The molecule has 1 aromatic carbocycles. The molecule has 2 rings (SSSR count). The third kappa shape index (κ3) is 3.64. The van der Waals surface area contributed by atoms with Gasteiger partial charge < -0.3 is 4.74 Å². The van der Waals surface area contributed by atoms with Crippen molar-refractivity contribution in [2.45, 2.75) is 32.3 Å². The first-order chi connectivity index (χ1) is 9.10. The summed E-state index contributed by atoms with van der Waals surface area (Å²) in [5, 5.41) is 0. The molecule has 0 saturated carbocycles. The van der Waals surface area contributed by atoms with E-state index in [0.717, 1.165) is 25.1 Å². The lowest BCUT2D eigenvalue weighted by Gasteiger charge is -2.14.